The predicted molar refractivity (Wildman–Crippen MR) is 50.3 cm³/mol. The molecule has 4 heteroatoms. The van der Waals surface area contributed by atoms with Crippen molar-refractivity contribution in [2.75, 3.05) is 0 Å². The Labute approximate surface area is 78.7 Å². The van der Waals surface area contributed by atoms with Crippen LogP contribution in [0.25, 0.3) is 0 Å². The van der Waals surface area contributed by atoms with Gasteiger partial charge in [-0.25, -0.2) is 0 Å². The molecule has 1 aromatic carbocycles. The lowest BCUT2D eigenvalue weighted by Crippen LogP contribution is -1.93. The van der Waals surface area contributed by atoms with E-state index in [-0.39, 0.29) is 10.6 Å². The first-order valence-corrected chi connectivity index (χ1v) is 4.23. The van der Waals surface area contributed by atoms with Crippen molar-refractivity contribution in [1.82, 2.24) is 0 Å². The van der Waals surface area contributed by atoms with Crippen LogP contribution in [0, 0.1) is 24.0 Å². The highest BCUT2D eigenvalue weighted by Crippen LogP contribution is 2.25. The molecule has 0 aliphatic heterocycles. The van der Waals surface area contributed by atoms with Gasteiger partial charge in [-0.3, -0.25) is 10.1 Å². The average molecular weight is 230 g/mol. The lowest BCUT2D eigenvalue weighted by atomic mass is 10.1. The van der Waals surface area contributed by atoms with Crippen molar-refractivity contribution in [2.45, 2.75) is 13.8 Å². The molecule has 0 fully saturated rings. The zero-order chi connectivity index (χ0) is 9.30. The van der Waals surface area contributed by atoms with Gasteiger partial charge < -0.3 is 0 Å². The third kappa shape index (κ3) is 1.64. The Kier molecular flexibility index (Phi) is 2.47. The topological polar surface area (TPSA) is 43.1 Å². The highest BCUT2D eigenvalue weighted by molar-refractivity contribution is 9.10. The summed E-state index contributed by atoms with van der Waals surface area (Å²) >= 11 is 3.21. The molecular formula is C8H8BrNO2. The van der Waals surface area contributed by atoms with Gasteiger partial charge in [-0.05, 0) is 25.5 Å². The molecule has 0 bridgehead atoms. The quantitative estimate of drug-likeness (QED) is 0.549. The Morgan fingerprint density at radius 3 is 2.50 bits per heavy atom. The van der Waals surface area contributed by atoms with Crippen molar-refractivity contribution >= 4 is 21.6 Å². The molecule has 1 aromatic rings. The van der Waals surface area contributed by atoms with E-state index in [2.05, 4.69) is 15.9 Å². The fourth-order valence-corrected chi connectivity index (χ4v) is 1.55. The van der Waals surface area contributed by atoms with Crippen LogP contribution in [0.5, 0.6) is 0 Å². The lowest BCUT2D eigenvalue weighted by molar-refractivity contribution is -0.385. The van der Waals surface area contributed by atoms with E-state index in [9.17, 15) is 10.1 Å². The first-order chi connectivity index (χ1) is 5.52. The number of hydrogen-bond acceptors (Lipinski definition) is 2. The maximum atomic E-state index is 10.5. The van der Waals surface area contributed by atoms with Crippen LogP contribution in [0.15, 0.2) is 16.6 Å². The average Bonchev–Trinajstić information content (AvgIpc) is 1.96. The molecule has 12 heavy (non-hydrogen) atoms. The molecule has 0 spiro atoms. The van der Waals surface area contributed by atoms with Crippen molar-refractivity contribution in [1.29, 1.82) is 0 Å². The second-order valence-corrected chi connectivity index (χ2v) is 3.54. The van der Waals surface area contributed by atoms with E-state index >= 15 is 0 Å². The Balaban J connectivity index is 3.37. The molecule has 0 aromatic heterocycles. The van der Waals surface area contributed by atoms with Crippen molar-refractivity contribution in [2.24, 2.45) is 0 Å². The Morgan fingerprint density at radius 2 is 2.00 bits per heavy atom. The predicted octanol–water partition coefficient (Wildman–Crippen LogP) is 2.97. The van der Waals surface area contributed by atoms with Crippen LogP contribution in [0.4, 0.5) is 5.69 Å². The molecule has 64 valence electrons. The zero-order valence-corrected chi connectivity index (χ0v) is 8.38. The molecule has 0 atom stereocenters. The summed E-state index contributed by atoms with van der Waals surface area (Å²) in [5.74, 6) is 0. The fourth-order valence-electron chi connectivity index (χ4n) is 0.987. The molecule has 3 nitrogen and oxygen atoms in total. The normalized spacial score (nSPS) is 9.92. The van der Waals surface area contributed by atoms with E-state index in [0.717, 1.165) is 15.6 Å². The van der Waals surface area contributed by atoms with Crippen LogP contribution in [0.3, 0.4) is 0 Å². The number of nitro benzene ring substituents is 1. The van der Waals surface area contributed by atoms with E-state index in [0.29, 0.717) is 0 Å². The van der Waals surface area contributed by atoms with E-state index in [1.807, 2.05) is 13.0 Å². The third-order valence-electron chi connectivity index (χ3n) is 1.80. The highest BCUT2D eigenvalue weighted by Gasteiger charge is 2.12. The molecule has 0 heterocycles. The number of benzene rings is 1. The van der Waals surface area contributed by atoms with Gasteiger partial charge in [0.2, 0.25) is 0 Å². The summed E-state index contributed by atoms with van der Waals surface area (Å²) in [5.41, 5.74) is 1.82. The van der Waals surface area contributed by atoms with Gasteiger partial charge in [0.1, 0.15) is 0 Å². The van der Waals surface area contributed by atoms with Crippen molar-refractivity contribution in [3.05, 3.63) is 37.8 Å². The molecule has 0 amide bonds. The fraction of sp³-hybridized carbons (Fsp3) is 0.250. The van der Waals surface area contributed by atoms with Gasteiger partial charge in [0, 0.05) is 16.1 Å². The Hall–Kier alpha value is -0.900. The Morgan fingerprint density at radius 1 is 1.42 bits per heavy atom. The standard InChI is InChI=1S/C8H8BrNO2/c1-5-3-7(9)4-8(6(5)2)10(11)12/h3-4H,1-2H3. The molecule has 0 radical (unpaired) electrons. The largest absolute Gasteiger partial charge is 0.273 e. The highest BCUT2D eigenvalue weighted by atomic mass is 79.9. The van der Waals surface area contributed by atoms with E-state index < -0.39 is 0 Å². The first-order valence-electron chi connectivity index (χ1n) is 3.43. The summed E-state index contributed by atoms with van der Waals surface area (Å²) < 4.78 is 0.748. The molecule has 0 aliphatic carbocycles. The van der Waals surface area contributed by atoms with Crippen LogP contribution in [-0.2, 0) is 0 Å². The minimum Gasteiger partial charge on any atom is -0.258 e. The zero-order valence-electron chi connectivity index (χ0n) is 6.80. The second kappa shape index (κ2) is 3.23. The maximum Gasteiger partial charge on any atom is 0.273 e. The van der Waals surface area contributed by atoms with Crippen molar-refractivity contribution in [3.8, 4) is 0 Å². The van der Waals surface area contributed by atoms with Gasteiger partial charge in [-0.2, -0.15) is 0 Å². The van der Waals surface area contributed by atoms with E-state index in [1.54, 1.807) is 6.92 Å². The molecule has 0 saturated heterocycles. The lowest BCUT2D eigenvalue weighted by Gasteiger charge is -2.01. The number of nitro groups is 1. The van der Waals surface area contributed by atoms with Gasteiger partial charge in [0.05, 0.1) is 4.92 Å². The van der Waals surface area contributed by atoms with Crippen molar-refractivity contribution < 1.29 is 4.92 Å². The number of nitrogens with zero attached hydrogens (tertiary/aromatic N) is 1. The summed E-state index contributed by atoms with van der Waals surface area (Å²) in [5, 5.41) is 10.5. The van der Waals surface area contributed by atoms with Crippen LogP contribution >= 0.6 is 15.9 Å². The van der Waals surface area contributed by atoms with Crippen LogP contribution in [0.2, 0.25) is 0 Å². The number of halogens is 1. The summed E-state index contributed by atoms with van der Waals surface area (Å²) in [4.78, 5) is 10.1. The summed E-state index contributed by atoms with van der Waals surface area (Å²) in [7, 11) is 0. The van der Waals surface area contributed by atoms with Crippen LogP contribution < -0.4 is 0 Å². The van der Waals surface area contributed by atoms with Crippen LogP contribution in [-0.4, -0.2) is 4.92 Å². The smallest absolute Gasteiger partial charge is 0.258 e. The molecule has 0 N–H and O–H groups in total. The SMILES string of the molecule is Cc1cc(Br)cc([N+](=O)[O-])c1C. The third-order valence-corrected chi connectivity index (χ3v) is 2.26. The number of aryl methyl sites for hydroxylation is 1. The molecule has 0 aliphatic rings. The Bertz CT molecular complexity index is 336. The van der Waals surface area contributed by atoms with E-state index in [1.165, 1.54) is 6.07 Å². The summed E-state index contributed by atoms with van der Waals surface area (Å²) in [6, 6.07) is 3.38. The van der Waals surface area contributed by atoms with Gasteiger partial charge >= 0.3 is 0 Å². The van der Waals surface area contributed by atoms with Gasteiger partial charge in [-0.1, -0.05) is 15.9 Å². The summed E-state index contributed by atoms with van der Waals surface area (Å²) in [6.45, 7) is 3.60. The van der Waals surface area contributed by atoms with Crippen LogP contribution in [0.1, 0.15) is 11.1 Å². The molecule has 0 saturated carbocycles. The molecule has 0 unspecified atom stereocenters. The monoisotopic (exact) mass is 229 g/mol. The second-order valence-electron chi connectivity index (χ2n) is 2.62. The minimum atomic E-state index is -0.368. The van der Waals surface area contributed by atoms with E-state index in [4.69, 9.17) is 0 Å². The first kappa shape index (κ1) is 9.19. The summed E-state index contributed by atoms with van der Waals surface area (Å²) in [6.07, 6.45) is 0. The maximum absolute atomic E-state index is 10.5. The van der Waals surface area contributed by atoms with Gasteiger partial charge in [-0.15, -0.1) is 0 Å². The number of rotatable bonds is 1. The molecular weight excluding hydrogens is 222 g/mol. The van der Waals surface area contributed by atoms with Gasteiger partial charge in [0.25, 0.3) is 5.69 Å². The van der Waals surface area contributed by atoms with Crippen molar-refractivity contribution in [3.63, 3.8) is 0 Å². The van der Waals surface area contributed by atoms with Gasteiger partial charge in [0.15, 0.2) is 0 Å². The molecule has 1 rings (SSSR count). The minimum absolute atomic E-state index is 0.168. The number of hydrogen-bond donors (Lipinski definition) is 0.